The van der Waals surface area contributed by atoms with Crippen molar-refractivity contribution in [3.8, 4) is 0 Å². The molecule has 1 aromatic rings. The molecule has 0 saturated carbocycles. The van der Waals surface area contributed by atoms with E-state index in [2.05, 4.69) is 17.0 Å². The summed E-state index contributed by atoms with van der Waals surface area (Å²) in [5, 5.41) is 0. The van der Waals surface area contributed by atoms with Crippen LogP contribution >= 0.6 is 0 Å². The van der Waals surface area contributed by atoms with Gasteiger partial charge in [0.05, 0.1) is 13.7 Å². The summed E-state index contributed by atoms with van der Waals surface area (Å²) in [6.07, 6.45) is 0.564. The molecule has 0 radical (unpaired) electrons. The highest BCUT2D eigenvalue weighted by molar-refractivity contribution is 5.74. The van der Waals surface area contributed by atoms with Gasteiger partial charge >= 0.3 is 5.97 Å². The van der Waals surface area contributed by atoms with Crippen molar-refractivity contribution in [3.63, 3.8) is 0 Å². The summed E-state index contributed by atoms with van der Waals surface area (Å²) >= 11 is 0. The quantitative estimate of drug-likeness (QED) is 0.749. The van der Waals surface area contributed by atoms with E-state index in [1.807, 2.05) is 18.2 Å². The van der Waals surface area contributed by atoms with Crippen LogP contribution in [0.15, 0.2) is 30.3 Å². The number of rotatable bonds is 4. The number of morpholine rings is 1. The van der Waals surface area contributed by atoms with E-state index in [0.29, 0.717) is 13.2 Å². The minimum Gasteiger partial charge on any atom is -0.467 e. The second-order valence-corrected chi connectivity index (χ2v) is 4.42. The van der Waals surface area contributed by atoms with E-state index in [1.165, 1.54) is 12.7 Å². The van der Waals surface area contributed by atoms with Crippen molar-refractivity contribution in [2.75, 3.05) is 33.4 Å². The first-order valence-electron chi connectivity index (χ1n) is 6.25. The van der Waals surface area contributed by atoms with Crippen molar-refractivity contribution in [1.29, 1.82) is 0 Å². The summed E-state index contributed by atoms with van der Waals surface area (Å²) in [5.41, 5.74) is 1.32. The number of hydrogen-bond acceptors (Lipinski definition) is 4. The third-order valence-electron chi connectivity index (χ3n) is 3.17. The van der Waals surface area contributed by atoms with E-state index in [-0.39, 0.29) is 5.97 Å². The van der Waals surface area contributed by atoms with Crippen LogP contribution in [0.3, 0.4) is 0 Å². The first-order valence-corrected chi connectivity index (χ1v) is 6.25. The molecule has 1 fully saturated rings. The Morgan fingerprint density at radius 3 is 2.94 bits per heavy atom. The first kappa shape index (κ1) is 13.1. The topological polar surface area (TPSA) is 38.8 Å². The molecular weight excluding hydrogens is 230 g/mol. The molecule has 0 bridgehead atoms. The van der Waals surface area contributed by atoms with Gasteiger partial charge in [0.1, 0.15) is 0 Å². The summed E-state index contributed by atoms with van der Waals surface area (Å²) in [6.45, 7) is 3.04. The molecule has 0 amide bonds. The molecule has 0 aromatic heterocycles. The fraction of sp³-hybridized carbons (Fsp3) is 0.500. The Balaban J connectivity index is 1.81. The lowest BCUT2D eigenvalue weighted by Crippen LogP contribution is -2.47. The zero-order valence-corrected chi connectivity index (χ0v) is 10.7. The van der Waals surface area contributed by atoms with Crippen LogP contribution in [-0.4, -0.2) is 50.3 Å². The van der Waals surface area contributed by atoms with Crippen LogP contribution < -0.4 is 0 Å². The lowest BCUT2D eigenvalue weighted by atomic mass is 10.1. The molecule has 1 heterocycles. The lowest BCUT2D eigenvalue weighted by molar-refractivity contribution is -0.159. The average Bonchev–Trinajstić information content (AvgIpc) is 2.45. The molecule has 1 unspecified atom stereocenters. The van der Waals surface area contributed by atoms with Crippen LogP contribution in [-0.2, 0) is 20.7 Å². The smallest absolute Gasteiger partial charge is 0.336 e. The van der Waals surface area contributed by atoms with E-state index in [4.69, 9.17) is 9.47 Å². The minimum absolute atomic E-state index is 0.278. The molecule has 4 heteroatoms. The predicted octanol–water partition coefficient (Wildman–Crippen LogP) is 1.10. The molecule has 1 saturated heterocycles. The third kappa shape index (κ3) is 3.55. The molecule has 4 nitrogen and oxygen atoms in total. The summed E-state index contributed by atoms with van der Waals surface area (Å²) in [6, 6.07) is 10.4. The number of methoxy groups -OCH3 is 1. The number of hydrogen-bond donors (Lipinski definition) is 0. The van der Waals surface area contributed by atoms with Crippen molar-refractivity contribution in [3.05, 3.63) is 35.9 Å². The molecule has 18 heavy (non-hydrogen) atoms. The van der Waals surface area contributed by atoms with Gasteiger partial charge in [-0.15, -0.1) is 0 Å². The maximum Gasteiger partial charge on any atom is 0.336 e. The van der Waals surface area contributed by atoms with E-state index in [1.54, 1.807) is 0 Å². The number of ether oxygens (including phenoxy) is 2. The Morgan fingerprint density at radius 1 is 1.44 bits per heavy atom. The normalized spacial score (nSPS) is 20.6. The second kappa shape index (κ2) is 6.52. The third-order valence-corrected chi connectivity index (χ3v) is 3.17. The summed E-state index contributed by atoms with van der Waals surface area (Å²) < 4.78 is 10.1. The Morgan fingerprint density at radius 2 is 2.22 bits per heavy atom. The van der Waals surface area contributed by atoms with Gasteiger partial charge in [-0.1, -0.05) is 30.3 Å². The van der Waals surface area contributed by atoms with Crippen molar-refractivity contribution in [1.82, 2.24) is 4.90 Å². The van der Waals surface area contributed by atoms with Gasteiger partial charge in [-0.3, -0.25) is 4.90 Å². The van der Waals surface area contributed by atoms with Gasteiger partial charge in [0, 0.05) is 19.6 Å². The zero-order chi connectivity index (χ0) is 12.8. The first-order chi connectivity index (χ1) is 8.79. The predicted molar refractivity (Wildman–Crippen MR) is 68.3 cm³/mol. The van der Waals surface area contributed by atoms with Crippen LogP contribution in [0.25, 0.3) is 0 Å². The van der Waals surface area contributed by atoms with E-state index in [9.17, 15) is 4.79 Å². The van der Waals surface area contributed by atoms with Crippen molar-refractivity contribution in [2.45, 2.75) is 12.5 Å². The van der Waals surface area contributed by atoms with Crippen molar-refractivity contribution >= 4 is 5.97 Å². The van der Waals surface area contributed by atoms with Gasteiger partial charge in [-0.05, 0) is 12.0 Å². The molecule has 0 spiro atoms. The largest absolute Gasteiger partial charge is 0.467 e. The molecule has 1 atom stereocenters. The minimum atomic E-state index is -0.431. The fourth-order valence-electron chi connectivity index (χ4n) is 2.11. The van der Waals surface area contributed by atoms with Gasteiger partial charge < -0.3 is 9.47 Å². The Labute approximate surface area is 107 Å². The lowest BCUT2D eigenvalue weighted by Gasteiger charge is -2.31. The molecule has 2 rings (SSSR count). The van der Waals surface area contributed by atoms with E-state index < -0.39 is 6.10 Å². The molecule has 0 aliphatic carbocycles. The molecule has 0 N–H and O–H groups in total. The van der Waals surface area contributed by atoms with E-state index in [0.717, 1.165) is 19.5 Å². The molecule has 1 aliphatic heterocycles. The molecule has 1 aliphatic rings. The number of esters is 1. The van der Waals surface area contributed by atoms with Crippen LogP contribution in [0, 0.1) is 0 Å². The van der Waals surface area contributed by atoms with Crippen LogP contribution in [0.2, 0.25) is 0 Å². The molecule has 98 valence electrons. The highest BCUT2D eigenvalue weighted by Crippen LogP contribution is 2.08. The number of nitrogens with zero attached hydrogens (tertiary/aromatic N) is 1. The van der Waals surface area contributed by atoms with Crippen LogP contribution in [0.1, 0.15) is 5.56 Å². The zero-order valence-electron chi connectivity index (χ0n) is 10.7. The van der Waals surface area contributed by atoms with Gasteiger partial charge in [0.2, 0.25) is 0 Å². The standard InChI is InChI=1S/C14H19NO3/c1-17-14(16)13-11-15(9-10-18-13)8-7-12-5-3-2-4-6-12/h2-6,13H,7-11H2,1H3. The van der Waals surface area contributed by atoms with Crippen molar-refractivity contribution < 1.29 is 14.3 Å². The van der Waals surface area contributed by atoms with Gasteiger partial charge in [0.25, 0.3) is 0 Å². The van der Waals surface area contributed by atoms with Gasteiger partial charge in [-0.25, -0.2) is 4.79 Å². The monoisotopic (exact) mass is 249 g/mol. The van der Waals surface area contributed by atoms with Crippen LogP contribution in [0.4, 0.5) is 0 Å². The van der Waals surface area contributed by atoms with E-state index >= 15 is 0 Å². The highest BCUT2D eigenvalue weighted by Gasteiger charge is 2.26. The number of carbonyl (C=O) groups is 1. The number of benzene rings is 1. The second-order valence-electron chi connectivity index (χ2n) is 4.42. The van der Waals surface area contributed by atoms with Crippen molar-refractivity contribution in [2.24, 2.45) is 0 Å². The Bertz CT molecular complexity index is 380. The molecule has 1 aromatic carbocycles. The fourth-order valence-corrected chi connectivity index (χ4v) is 2.11. The average molecular weight is 249 g/mol. The maximum atomic E-state index is 11.4. The van der Waals surface area contributed by atoms with Gasteiger partial charge in [0.15, 0.2) is 6.10 Å². The Kier molecular flexibility index (Phi) is 4.73. The highest BCUT2D eigenvalue weighted by atomic mass is 16.6. The maximum absolute atomic E-state index is 11.4. The van der Waals surface area contributed by atoms with Gasteiger partial charge in [-0.2, -0.15) is 0 Å². The summed E-state index contributed by atoms with van der Waals surface area (Å²) in [5.74, 6) is -0.278. The molecular formula is C14H19NO3. The number of carbonyl (C=O) groups excluding carboxylic acids is 1. The SMILES string of the molecule is COC(=O)C1CN(CCc2ccccc2)CCO1. The Hall–Kier alpha value is -1.39. The van der Waals surface area contributed by atoms with Crippen LogP contribution in [0.5, 0.6) is 0 Å². The summed E-state index contributed by atoms with van der Waals surface area (Å²) in [4.78, 5) is 13.7. The summed E-state index contributed by atoms with van der Waals surface area (Å²) in [7, 11) is 1.40.